The van der Waals surface area contributed by atoms with Crippen molar-refractivity contribution in [3.05, 3.63) is 83.1 Å². The summed E-state index contributed by atoms with van der Waals surface area (Å²) in [5.41, 5.74) is 2.79. The molecule has 1 fully saturated rings. The first-order chi connectivity index (χ1) is 20.6. The standard InChI is InChI=1S/C33H35N5O4S/c1-5-23(3)38-32(39)29(24(4)30(19-34)33(38)40)18-26-21-37(27-13-7-6-8-14-27)35-31(26)25-12-9-15-28(17-25)43(41,42)36-16-10-11-22(2)20-36/h6-9,12-15,17-18,21-23H,5,10-11,16,20H2,1-4H3/b29-18+. The molecule has 2 amide bonds. The molecule has 3 aromatic rings. The molecule has 9 nitrogen and oxygen atoms in total. The van der Waals surface area contributed by atoms with Gasteiger partial charge in [-0.2, -0.15) is 14.7 Å². The summed E-state index contributed by atoms with van der Waals surface area (Å²) in [5.74, 6) is -0.789. The number of carbonyl (C=O) groups excluding carboxylic acids is 2. The minimum atomic E-state index is -3.72. The second-order valence-corrected chi connectivity index (χ2v) is 13.2. The molecular formula is C33H35N5O4S. The molecule has 1 saturated heterocycles. The van der Waals surface area contributed by atoms with Crippen molar-refractivity contribution in [2.24, 2.45) is 5.92 Å². The number of imide groups is 1. The Morgan fingerprint density at radius 3 is 2.53 bits per heavy atom. The molecule has 0 N–H and O–H groups in total. The first kappa shape index (κ1) is 30.1. The van der Waals surface area contributed by atoms with Crippen molar-refractivity contribution in [2.75, 3.05) is 13.1 Å². The lowest BCUT2D eigenvalue weighted by Gasteiger charge is -2.31. The highest BCUT2D eigenvalue weighted by atomic mass is 32.2. The van der Waals surface area contributed by atoms with Crippen molar-refractivity contribution in [3.8, 4) is 23.0 Å². The van der Waals surface area contributed by atoms with Crippen LogP contribution in [0.5, 0.6) is 0 Å². The molecule has 3 heterocycles. The zero-order valence-electron chi connectivity index (χ0n) is 24.8. The summed E-state index contributed by atoms with van der Waals surface area (Å²) in [6.07, 6.45) is 5.77. The summed E-state index contributed by atoms with van der Waals surface area (Å²) in [6, 6.07) is 17.7. The van der Waals surface area contributed by atoms with Crippen molar-refractivity contribution < 1.29 is 18.0 Å². The molecule has 2 atom stereocenters. The smallest absolute Gasteiger partial charge is 0.271 e. The van der Waals surface area contributed by atoms with Gasteiger partial charge in [0.2, 0.25) is 10.0 Å². The molecule has 1 aromatic heterocycles. The number of nitriles is 1. The lowest BCUT2D eigenvalue weighted by molar-refractivity contribution is -0.142. The molecule has 2 aliphatic rings. The SMILES string of the molecule is CCC(C)N1C(=O)C(C#N)=C(C)/C(=C\c2cn(-c3ccccc3)nc2-c2cccc(S(=O)(=O)N3CCCC(C)C3)c2)C1=O. The van der Waals surface area contributed by atoms with Gasteiger partial charge in [0, 0.05) is 42.0 Å². The van der Waals surface area contributed by atoms with Gasteiger partial charge in [-0.1, -0.05) is 44.2 Å². The number of aromatic nitrogens is 2. The molecule has 0 aliphatic carbocycles. The van der Waals surface area contributed by atoms with Crippen molar-refractivity contribution in [2.45, 2.75) is 57.9 Å². The maximum Gasteiger partial charge on any atom is 0.271 e. The fourth-order valence-corrected chi connectivity index (χ4v) is 7.23. The number of piperidine rings is 1. The third-order valence-electron chi connectivity index (χ3n) is 8.23. The number of rotatable bonds is 7. The Bertz CT molecular complexity index is 1780. The highest BCUT2D eigenvalue weighted by Crippen LogP contribution is 2.33. The maximum atomic E-state index is 13.7. The third kappa shape index (κ3) is 5.70. The quantitative estimate of drug-likeness (QED) is 0.268. The van der Waals surface area contributed by atoms with Crippen LogP contribution in [0.4, 0.5) is 0 Å². The highest BCUT2D eigenvalue weighted by molar-refractivity contribution is 7.89. The van der Waals surface area contributed by atoms with Crippen molar-refractivity contribution in [1.82, 2.24) is 19.0 Å². The maximum absolute atomic E-state index is 13.7. The zero-order chi connectivity index (χ0) is 30.9. The molecule has 0 saturated carbocycles. The molecule has 0 radical (unpaired) electrons. The van der Waals surface area contributed by atoms with Crippen molar-refractivity contribution in [1.29, 1.82) is 5.26 Å². The summed E-state index contributed by atoms with van der Waals surface area (Å²) in [5, 5.41) is 14.6. The van der Waals surface area contributed by atoms with Gasteiger partial charge < -0.3 is 0 Å². The van der Waals surface area contributed by atoms with Crippen LogP contribution in [0, 0.1) is 17.2 Å². The number of para-hydroxylation sites is 1. The van der Waals surface area contributed by atoms with Gasteiger partial charge >= 0.3 is 0 Å². The monoisotopic (exact) mass is 597 g/mol. The topological polar surface area (TPSA) is 116 Å². The van der Waals surface area contributed by atoms with Crippen LogP contribution in [-0.4, -0.2) is 58.3 Å². The summed E-state index contributed by atoms with van der Waals surface area (Å²) in [7, 11) is -3.72. The Labute approximate surface area is 252 Å². The number of benzene rings is 2. The number of hydrogen-bond donors (Lipinski definition) is 0. The van der Waals surface area contributed by atoms with E-state index in [-0.39, 0.29) is 22.0 Å². The number of sulfonamides is 1. The van der Waals surface area contributed by atoms with Gasteiger partial charge in [-0.25, -0.2) is 13.1 Å². The van der Waals surface area contributed by atoms with E-state index in [0.717, 1.165) is 23.4 Å². The van der Waals surface area contributed by atoms with Gasteiger partial charge in [-0.05, 0) is 74.9 Å². The number of nitrogens with zero attached hydrogens (tertiary/aromatic N) is 5. The largest absolute Gasteiger partial charge is 0.271 e. The van der Waals surface area contributed by atoms with E-state index in [1.807, 2.05) is 43.3 Å². The number of amides is 2. The Kier molecular flexibility index (Phi) is 8.49. The van der Waals surface area contributed by atoms with Gasteiger partial charge in [0.15, 0.2) is 0 Å². The van der Waals surface area contributed by atoms with Crippen LogP contribution in [0.25, 0.3) is 23.0 Å². The molecule has 43 heavy (non-hydrogen) atoms. The average Bonchev–Trinajstić information content (AvgIpc) is 3.44. The fraction of sp³-hybridized carbons (Fsp3) is 0.333. The molecule has 2 unspecified atom stereocenters. The Morgan fingerprint density at radius 2 is 1.86 bits per heavy atom. The van der Waals surface area contributed by atoms with E-state index >= 15 is 0 Å². The van der Waals surface area contributed by atoms with Gasteiger partial charge in [-0.3, -0.25) is 14.5 Å². The third-order valence-corrected chi connectivity index (χ3v) is 10.1. The zero-order valence-corrected chi connectivity index (χ0v) is 25.6. The van der Waals surface area contributed by atoms with Gasteiger partial charge in [0.25, 0.3) is 11.8 Å². The van der Waals surface area contributed by atoms with Gasteiger partial charge in [0.1, 0.15) is 17.3 Å². The van der Waals surface area contributed by atoms with Crippen LogP contribution in [-0.2, 0) is 19.6 Å². The second-order valence-electron chi connectivity index (χ2n) is 11.3. The summed E-state index contributed by atoms with van der Waals surface area (Å²) in [6.45, 7) is 8.27. The van der Waals surface area contributed by atoms with Crippen LogP contribution < -0.4 is 0 Å². The van der Waals surface area contributed by atoms with Crippen molar-refractivity contribution >= 4 is 27.9 Å². The first-order valence-corrected chi connectivity index (χ1v) is 16.0. The van der Waals surface area contributed by atoms with Crippen LogP contribution in [0.3, 0.4) is 0 Å². The van der Waals surface area contributed by atoms with Crippen LogP contribution in [0.1, 0.15) is 52.5 Å². The fourth-order valence-electron chi connectivity index (χ4n) is 5.59. The lowest BCUT2D eigenvalue weighted by atomic mass is 9.92. The molecule has 2 aliphatic heterocycles. The molecule has 0 bridgehead atoms. The van der Waals surface area contributed by atoms with Crippen LogP contribution >= 0.6 is 0 Å². The van der Waals surface area contributed by atoms with Crippen LogP contribution in [0.2, 0.25) is 0 Å². The summed E-state index contributed by atoms with van der Waals surface area (Å²) in [4.78, 5) is 28.1. The minimum Gasteiger partial charge on any atom is -0.271 e. The highest BCUT2D eigenvalue weighted by Gasteiger charge is 2.38. The Balaban J connectivity index is 1.67. The molecule has 0 spiro atoms. The first-order valence-electron chi connectivity index (χ1n) is 14.5. The predicted octanol–water partition coefficient (Wildman–Crippen LogP) is 5.35. The molecule has 2 aromatic carbocycles. The normalized spacial score (nSPS) is 20.0. The molecule has 222 valence electrons. The van der Waals surface area contributed by atoms with E-state index in [2.05, 4.69) is 6.92 Å². The molecule has 10 heteroatoms. The molecular weight excluding hydrogens is 562 g/mol. The van der Waals surface area contributed by atoms with Gasteiger partial charge in [-0.15, -0.1) is 0 Å². The van der Waals surface area contributed by atoms with Crippen LogP contribution in [0.15, 0.2) is 82.4 Å². The predicted molar refractivity (Wildman–Crippen MR) is 164 cm³/mol. The van der Waals surface area contributed by atoms with E-state index in [1.165, 1.54) is 0 Å². The Hall–Kier alpha value is -4.33. The average molecular weight is 598 g/mol. The Morgan fingerprint density at radius 1 is 1.12 bits per heavy atom. The summed E-state index contributed by atoms with van der Waals surface area (Å²) >= 11 is 0. The van der Waals surface area contributed by atoms with E-state index in [9.17, 15) is 23.3 Å². The number of carbonyl (C=O) groups is 2. The van der Waals surface area contributed by atoms with E-state index in [0.29, 0.717) is 41.9 Å². The van der Waals surface area contributed by atoms with Gasteiger partial charge in [0.05, 0.1) is 10.6 Å². The van der Waals surface area contributed by atoms with E-state index in [1.54, 1.807) is 59.4 Å². The number of hydrogen-bond acceptors (Lipinski definition) is 6. The second kappa shape index (κ2) is 12.1. The van der Waals surface area contributed by atoms with Crippen molar-refractivity contribution in [3.63, 3.8) is 0 Å². The minimum absolute atomic E-state index is 0.0769. The van der Waals surface area contributed by atoms with E-state index in [4.69, 9.17) is 5.10 Å². The summed E-state index contributed by atoms with van der Waals surface area (Å²) < 4.78 is 30.5. The van der Waals surface area contributed by atoms with E-state index < -0.39 is 27.9 Å². The molecule has 5 rings (SSSR count). The lowest BCUT2D eigenvalue weighted by Crippen LogP contribution is -2.47.